The summed E-state index contributed by atoms with van der Waals surface area (Å²) in [6.07, 6.45) is 5.48. The van der Waals surface area contributed by atoms with E-state index in [1.165, 1.54) is 17.8 Å². The molecule has 1 aliphatic rings. The lowest BCUT2D eigenvalue weighted by molar-refractivity contribution is -0.716. The predicted molar refractivity (Wildman–Crippen MR) is 81.3 cm³/mol. The van der Waals surface area contributed by atoms with Crippen molar-refractivity contribution in [2.45, 2.75) is 25.3 Å². The summed E-state index contributed by atoms with van der Waals surface area (Å²) in [7, 11) is 0. The van der Waals surface area contributed by atoms with Gasteiger partial charge in [0.1, 0.15) is 5.69 Å². The molecule has 0 aliphatic carbocycles. The van der Waals surface area contributed by atoms with Crippen LogP contribution in [0.15, 0.2) is 67.0 Å². The second-order valence-corrected chi connectivity index (χ2v) is 5.60. The lowest BCUT2D eigenvalue weighted by Gasteiger charge is -2.08. The number of nitrogens with zero attached hydrogens (tertiary/aromatic N) is 3. The standard InChI is InChI=1S/C18H18N3/c1-3-7-15(8-4-1)13-17-11-12-18-19-21(14-20(17)18)16-9-5-2-6-10-16/h1-10,14,17H,11-13H2/q+1. The highest BCUT2D eigenvalue weighted by Gasteiger charge is 2.31. The quantitative estimate of drug-likeness (QED) is 0.674. The topological polar surface area (TPSA) is 21.7 Å². The second kappa shape index (κ2) is 5.17. The van der Waals surface area contributed by atoms with Crippen LogP contribution in [0.3, 0.4) is 0 Å². The Morgan fingerprint density at radius 1 is 1.00 bits per heavy atom. The van der Waals surface area contributed by atoms with E-state index in [0.29, 0.717) is 6.04 Å². The van der Waals surface area contributed by atoms with Gasteiger partial charge in [0.25, 0.3) is 5.82 Å². The third-order valence-corrected chi connectivity index (χ3v) is 4.18. The van der Waals surface area contributed by atoms with Gasteiger partial charge in [-0.05, 0) is 24.1 Å². The van der Waals surface area contributed by atoms with Gasteiger partial charge >= 0.3 is 0 Å². The first-order valence-electron chi connectivity index (χ1n) is 7.49. The summed E-state index contributed by atoms with van der Waals surface area (Å²) in [6, 6.07) is 21.6. The molecule has 2 heterocycles. The molecule has 0 radical (unpaired) electrons. The van der Waals surface area contributed by atoms with E-state index < -0.39 is 0 Å². The van der Waals surface area contributed by atoms with Crippen molar-refractivity contribution in [2.24, 2.45) is 0 Å². The average Bonchev–Trinajstić information content (AvgIpc) is 3.11. The van der Waals surface area contributed by atoms with Gasteiger partial charge in [0, 0.05) is 17.9 Å². The molecule has 0 saturated carbocycles. The Morgan fingerprint density at radius 2 is 1.71 bits per heavy atom. The molecule has 3 aromatic rings. The van der Waals surface area contributed by atoms with E-state index in [-0.39, 0.29) is 0 Å². The molecule has 104 valence electrons. The van der Waals surface area contributed by atoms with Gasteiger partial charge in [0.15, 0.2) is 0 Å². The van der Waals surface area contributed by atoms with Crippen molar-refractivity contribution < 1.29 is 4.57 Å². The number of hydrogen-bond donors (Lipinski definition) is 0. The molecule has 4 rings (SSSR count). The molecular formula is C18H18N3+. The SMILES string of the molecule is c1ccc(CC2CCc3nn(-c4ccccc4)c[n+]32)cc1. The number of para-hydroxylation sites is 1. The van der Waals surface area contributed by atoms with Gasteiger partial charge < -0.3 is 0 Å². The van der Waals surface area contributed by atoms with E-state index in [2.05, 4.69) is 53.4 Å². The zero-order valence-corrected chi connectivity index (χ0v) is 11.9. The van der Waals surface area contributed by atoms with Crippen LogP contribution in [0.25, 0.3) is 5.69 Å². The molecular weight excluding hydrogens is 258 g/mol. The fourth-order valence-corrected chi connectivity index (χ4v) is 3.10. The van der Waals surface area contributed by atoms with Gasteiger partial charge in [-0.1, -0.05) is 53.2 Å². The number of aryl methyl sites for hydroxylation is 1. The highest BCUT2D eigenvalue weighted by atomic mass is 15.4. The van der Waals surface area contributed by atoms with Crippen LogP contribution in [0.1, 0.15) is 23.9 Å². The van der Waals surface area contributed by atoms with Gasteiger partial charge in [0.05, 0.1) is 6.04 Å². The van der Waals surface area contributed by atoms with Gasteiger partial charge in [-0.2, -0.15) is 0 Å². The summed E-state index contributed by atoms with van der Waals surface area (Å²) in [5.74, 6) is 1.19. The van der Waals surface area contributed by atoms with Gasteiger partial charge in [0.2, 0.25) is 6.33 Å². The van der Waals surface area contributed by atoms with Crippen LogP contribution in [0.5, 0.6) is 0 Å². The van der Waals surface area contributed by atoms with Crippen LogP contribution >= 0.6 is 0 Å². The van der Waals surface area contributed by atoms with Crippen molar-refractivity contribution in [3.05, 3.63) is 78.4 Å². The number of hydrogen-bond acceptors (Lipinski definition) is 1. The van der Waals surface area contributed by atoms with Crippen molar-refractivity contribution in [3.63, 3.8) is 0 Å². The Hall–Kier alpha value is -2.42. The second-order valence-electron chi connectivity index (χ2n) is 5.60. The Bertz CT molecular complexity index is 732. The molecule has 1 aliphatic heterocycles. The molecule has 0 N–H and O–H groups in total. The van der Waals surface area contributed by atoms with Crippen LogP contribution in [0.4, 0.5) is 0 Å². The Balaban J connectivity index is 1.62. The van der Waals surface area contributed by atoms with Crippen molar-refractivity contribution in [2.75, 3.05) is 0 Å². The van der Waals surface area contributed by atoms with Crippen LogP contribution in [0, 0.1) is 0 Å². The normalized spacial score (nSPS) is 16.9. The van der Waals surface area contributed by atoms with Crippen LogP contribution in [-0.4, -0.2) is 9.78 Å². The monoisotopic (exact) mass is 276 g/mol. The molecule has 3 nitrogen and oxygen atoms in total. The first-order chi connectivity index (χ1) is 10.4. The van der Waals surface area contributed by atoms with E-state index in [1.54, 1.807) is 0 Å². The summed E-state index contributed by atoms with van der Waals surface area (Å²) in [5, 5.41) is 4.73. The summed E-state index contributed by atoms with van der Waals surface area (Å²) in [6.45, 7) is 0. The summed E-state index contributed by atoms with van der Waals surface area (Å²) >= 11 is 0. The molecule has 0 bridgehead atoms. The number of benzene rings is 2. The summed E-state index contributed by atoms with van der Waals surface area (Å²) in [5.41, 5.74) is 2.52. The highest BCUT2D eigenvalue weighted by molar-refractivity contribution is 5.29. The van der Waals surface area contributed by atoms with E-state index in [0.717, 1.165) is 18.5 Å². The maximum absolute atomic E-state index is 4.73. The molecule has 3 heteroatoms. The molecule has 0 fully saturated rings. The van der Waals surface area contributed by atoms with E-state index in [1.807, 2.05) is 22.9 Å². The Kier molecular flexibility index (Phi) is 3.03. The summed E-state index contributed by atoms with van der Waals surface area (Å²) < 4.78 is 4.34. The van der Waals surface area contributed by atoms with Crippen LogP contribution < -0.4 is 4.57 Å². The van der Waals surface area contributed by atoms with Crippen molar-refractivity contribution in [1.82, 2.24) is 9.78 Å². The fraction of sp³-hybridized carbons (Fsp3) is 0.222. The zero-order valence-electron chi connectivity index (χ0n) is 11.9. The molecule has 1 aromatic heterocycles. The van der Waals surface area contributed by atoms with Crippen molar-refractivity contribution >= 4 is 0 Å². The Morgan fingerprint density at radius 3 is 2.48 bits per heavy atom. The minimum Gasteiger partial charge on any atom is -0.231 e. The highest BCUT2D eigenvalue weighted by Crippen LogP contribution is 2.21. The average molecular weight is 276 g/mol. The largest absolute Gasteiger partial charge is 0.278 e. The molecule has 0 amide bonds. The third kappa shape index (κ3) is 2.35. The molecule has 2 aromatic carbocycles. The maximum Gasteiger partial charge on any atom is 0.278 e. The van der Waals surface area contributed by atoms with Crippen LogP contribution in [-0.2, 0) is 12.8 Å². The maximum atomic E-state index is 4.73. The van der Waals surface area contributed by atoms with Crippen LogP contribution in [0.2, 0.25) is 0 Å². The van der Waals surface area contributed by atoms with Crippen molar-refractivity contribution in [1.29, 1.82) is 0 Å². The van der Waals surface area contributed by atoms with Gasteiger partial charge in [-0.15, -0.1) is 0 Å². The van der Waals surface area contributed by atoms with E-state index in [9.17, 15) is 0 Å². The van der Waals surface area contributed by atoms with E-state index in [4.69, 9.17) is 5.10 Å². The minimum atomic E-state index is 0.528. The number of aromatic nitrogens is 3. The summed E-state index contributed by atoms with van der Waals surface area (Å²) in [4.78, 5) is 0. The van der Waals surface area contributed by atoms with Gasteiger partial charge in [-0.3, -0.25) is 0 Å². The zero-order chi connectivity index (χ0) is 14.1. The fourth-order valence-electron chi connectivity index (χ4n) is 3.10. The van der Waals surface area contributed by atoms with Crippen molar-refractivity contribution in [3.8, 4) is 5.69 Å². The smallest absolute Gasteiger partial charge is 0.231 e. The minimum absolute atomic E-state index is 0.528. The molecule has 1 atom stereocenters. The lowest BCUT2D eigenvalue weighted by Crippen LogP contribution is -2.37. The molecule has 1 unspecified atom stereocenters. The Labute approximate surface area is 124 Å². The van der Waals surface area contributed by atoms with E-state index >= 15 is 0 Å². The molecule has 0 saturated heterocycles. The third-order valence-electron chi connectivity index (χ3n) is 4.18. The number of fused-ring (bicyclic) bond motifs is 1. The lowest BCUT2D eigenvalue weighted by atomic mass is 10.0. The molecule has 21 heavy (non-hydrogen) atoms. The first kappa shape index (κ1) is 12.3. The van der Waals surface area contributed by atoms with Gasteiger partial charge in [-0.25, -0.2) is 4.57 Å². The molecule has 0 spiro atoms. The first-order valence-corrected chi connectivity index (χ1v) is 7.49. The predicted octanol–water partition coefficient (Wildman–Crippen LogP) is 2.89. The number of rotatable bonds is 3.